The summed E-state index contributed by atoms with van der Waals surface area (Å²) in [5.74, 6) is -1.31. The summed E-state index contributed by atoms with van der Waals surface area (Å²) in [5, 5.41) is 0. The molecule has 9 nitrogen and oxygen atoms in total. The zero-order valence-electron chi connectivity index (χ0n) is 17.1. The lowest BCUT2D eigenvalue weighted by Gasteiger charge is -2.20. The van der Waals surface area contributed by atoms with E-state index >= 15 is 0 Å². The lowest BCUT2D eigenvalue weighted by atomic mass is 10.4. The Labute approximate surface area is 170 Å². The zero-order chi connectivity index (χ0) is 21.5. The molecule has 0 saturated heterocycles. The summed E-state index contributed by atoms with van der Waals surface area (Å²) in [6.07, 6.45) is 3.38. The summed E-state index contributed by atoms with van der Waals surface area (Å²) in [7, 11) is 0. The highest BCUT2D eigenvalue weighted by Gasteiger charge is 2.48. The van der Waals surface area contributed by atoms with Gasteiger partial charge in [-0.2, -0.15) is 0 Å². The molecule has 0 unspecified atom stereocenters. The molecule has 156 valence electrons. The van der Waals surface area contributed by atoms with Crippen molar-refractivity contribution in [2.45, 2.75) is 41.5 Å². The van der Waals surface area contributed by atoms with Crippen LogP contribution in [-0.4, -0.2) is 52.3 Å². The van der Waals surface area contributed by atoms with Crippen LogP contribution in [0.1, 0.15) is 41.5 Å². The summed E-state index contributed by atoms with van der Waals surface area (Å²) in [5.41, 5.74) is 0. The van der Waals surface area contributed by atoms with Gasteiger partial charge in [-0.05, 0) is 41.5 Å². The van der Waals surface area contributed by atoms with E-state index in [1.54, 1.807) is 20.8 Å². The summed E-state index contributed by atoms with van der Waals surface area (Å²) in [6.45, 7) is 9.76. The van der Waals surface area contributed by atoms with Crippen molar-refractivity contribution >= 4 is 32.5 Å². The van der Waals surface area contributed by atoms with Crippen molar-refractivity contribution in [3.63, 3.8) is 0 Å². The minimum atomic E-state index is -3.22. The molecular weight excluding hydrogens is 387 g/mol. The van der Waals surface area contributed by atoms with Gasteiger partial charge in [-0.25, -0.2) is 0 Å². The van der Waals surface area contributed by atoms with Gasteiger partial charge in [0.1, 0.15) is 0 Å². The molecule has 0 aromatic carbocycles. The molecule has 10 heteroatoms. The first-order chi connectivity index (χ1) is 13.2. The molecule has 0 amide bonds. The second kappa shape index (κ2) is 14.6. The van der Waals surface area contributed by atoms with E-state index in [0.29, 0.717) is 0 Å². The summed E-state index contributed by atoms with van der Waals surface area (Å²) in [6, 6.07) is 0. The maximum Gasteiger partial charge on any atom is 1.20 e. The number of ketones is 3. The van der Waals surface area contributed by atoms with Crippen LogP contribution in [0.3, 0.4) is 0 Å². The molecule has 0 radical (unpaired) electrons. The number of hydrogen-bond acceptors (Lipinski definition) is 9. The van der Waals surface area contributed by atoms with Gasteiger partial charge < -0.3 is 25.6 Å². The molecule has 0 bridgehead atoms. The Morgan fingerprint density at radius 3 is 1.04 bits per heavy atom. The Kier molecular flexibility index (Phi) is 13.3. The van der Waals surface area contributed by atoms with E-state index in [1.807, 2.05) is 0 Å². The topological polar surface area (TPSA) is 107 Å². The van der Waals surface area contributed by atoms with E-state index in [2.05, 4.69) is 0 Å². The maximum atomic E-state index is 11.4. The van der Waals surface area contributed by atoms with E-state index < -0.39 is 15.1 Å². The van der Waals surface area contributed by atoms with Crippen LogP contribution in [0.4, 0.5) is 0 Å². The van der Waals surface area contributed by atoms with E-state index in [4.69, 9.17) is 25.6 Å². The molecule has 0 N–H and O–H groups in total. The number of carbonyl (C=O) groups is 3. The SMILES string of the molecule is CCOC(=CC(C)=O)[O][Al]([O]C(=CC(C)=O)OCC)[O]C(=CC(C)=O)OCC. The number of carbonyl (C=O) groups excluding carboxylic acids is 3. The molecule has 0 atom stereocenters. The van der Waals surface area contributed by atoms with Crippen molar-refractivity contribution < 1.29 is 40.0 Å². The molecule has 0 spiro atoms. The van der Waals surface area contributed by atoms with Crippen LogP contribution in [-0.2, 0) is 40.0 Å². The van der Waals surface area contributed by atoms with Crippen LogP contribution in [0, 0.1) is 0 Å². The van der Waals surface area contributed by atoms with Crippen LogP contribution < -0.4 is 0 Å². The van der Waals surface area contributed by atoms with Crippen LogP contribution in [0.2, 0.25) is 0 Å². The monoisotopic (exact) mass is 414 g/mol. The highest BCUT2D eigenvalue weighted by Crippen LogP contribution is 2.14. The largest absolute Gasteiger partial charge is 1.20 e. The normalized spacial score (nSPS) is 12.0. The predicted octanol–water partition coefficient (Wildman–Crippen LogP) is 2.42. The van der Waals surface area contributed by atoms with Gasteiger partial charge in [-0.15, -0.1) is 0 Å². The highest BCUT2D eigenvalue weighted by atomic mass is 27.3. The minimum Gasteiger partial charge on any atom is -0.550 e. The van der Waals surface area contributed by atoms with Gasteiger partial charge >= 0.3 is 15.1 Å². The van der Waals surface area contributed by atoms with Gasteiger partial charge in [0, 0.05) is 0 Å². The summed E-state index contributed by atoms with van der Waals surface area (Å²) < 4.78 is 32.5. The fourth-order valence-corrected chi connectivity index (χ4v) is 2.73. The first-order valence-electron chi connectivity index (χ1n) is 8.76. The molecule has 0 aromatic heterocycles. The van der Waals surface area contributed by atoms with Crippen molar-refractivity contribution in [2.75, 3.05) is 19.8 Å². The Morgan fingerprint density at radius 1 is 0.607 bits per heavy atom. The van der Waals surface area contributed by atoms with Gasteiger partial charge in [-0.1, -0.05) is 0 Å². The van der Waals surface area contributed by atoms with Crippen molar-refractivity contribution in [1.29, 1.82) is 0 Å². The summed E-state index contributed by atoms with van der Waals surface area (Å²) >= 11 is -3.22. The minimum absolute atomic E-state index is 0.121. The Morgan fingerprint density at radius 2 is 0.857 bits per heavy atom. The molecule has 0 rings (SSSR count). The van der Waals surface area contributed by atoms with Gasteiger partial charge in [0.15, 0.2) is 17.3 Å². The molecule has 0 aromatic rings. The van der Waals surface area contributed by atoms with Crippen LogP contribution in [0.15, 0.2) is 36.1 Å². The molecular formula is C18H27AlO9. The predicted molar refractivity (Wildman–Crippen MR) is 100 cm³/mol. The third-order valence-electron chi connectivity index (χ3n) is 2.46. The first-order valence-corrected chi connectivity index (χ1v) is 10.2. The molecule has 0 fully saturated rings. The smallest absolute Gasteiger partial charge is 0.550 e. The van der Waals surface area contributed by atoms with Crippen molar-refractivity contribution in [3.05, 3.63) is 36.1 Å². The Bertz CT molecular complexity index is 537. The lowest BCUT2D eigenvalue weighted by molar-refractivity contribution is -0.113. The Hall–Kier alpha value is -2.44. The number of ether oxygens (including phenoxy) is 3. The third kappa shape index (κ3) is 12.8. The molecule has 28 heavy (non-hydrogen) atoms. The maximum absolute atomic E-state index is 11.4. The second-order valence-corrected chi connectivity index (χ2v) is 6.45. The van der Waals surface area contributed by atoms with Crippen molar-refractivity contribution in [1.82, 2.24) is 0 Å². The number of allylic oxidation sites excluding steroid dienone is 3. The van der Waals surface area contributed by atoms with Gasteiger partial charge in [0.25, 0.3) is 17.8 Å². The first kappa shape index (κ1) is 25.6. The molecule has 0 aliphatic heterocycles. The van der Waals surface area contributed by atoms with E-state index in [1.165, 1.54) is 20.8 Å². The highest BCUT2D eigenvalue weighted by molar-refractivity contribution is 6.37. The van der Waals surface area contributed by atoms with E-state index in [-0.39, 0.29) is 55.0 Å². The number of hydrogen-bond donors (Lipinski definition) is 0. The third-order valence-corrected chi connectivity index (χ3v) is 3.73. The summed E-state index contributed by atoms with van der Waals surface area (Å²) in [4.78, 5) is 34.2. The quantitative estimate of drug-likeness (QED) is 0.227. The Balaban J connectivity index is 5.74. The second-order valence-electron chi connectivity index (χ2n) is 5.16. The number of rotatable bonds is 15. The lowest BCUT2D eigenvalue weighted by Crippen LogP contribution is -2.29. The van der Waals surface area contributed by atoms with Crippen molar-refractivity contribution in [3.8, 4) is 0 Å². The standard InChI is InChI=1S/3C6H10O3.Al/c3*1-3-9-6(8)4-5(2)7;/h3*4,8H,3H2,1-2H3;/q;;;+3/p-3. The van der Waals surface area contributed by atoms with Gasteiger partial charge in [0.05, 0.1) is 38.0 Å². The average Bonchev–Trinajstić information content (AvgIpc) is 2.53. The van der Waals surface area contributed by atoms with Crippen LogP contribution in [0.25, 0.3) is 0 Å². The fraction of sp³-hybridized carbons (Fsp3) is 0.500. The van der Waals surface area contributed by atoms with Crippen LogP contribution >= 0.6 is 0 Å². The van der Waals surface area contributed by atoms with E-state index in [0.717, 1.165) is 18.2 Å². The van der Waals surface area contributed by atoms with E-state index in [9.17, 15) is 14.4 Å². The van der Waals surface area contributed by atoms with Crippen molar-refractivity contribution in [2.24, 2.45) is 0 Å². The fourth-order valence-electron chi connectivity index (χ4n) is 1.61. The molecule has 0 saturated carbocycles. The molecule has 0 aliphatic carbocycles. The van der Waals surface area contributed by atoms with Crippen LogP contribution in [0.5, 0.6) is 0 Å². The average molecular weight is 414 g/mol. The molecule has 0 heterocycles. The van der Waals surface area contributed by atoms with Gasteiger partial charge in [0.2, 0.25) is 0 Å². The van der Waals surface area contributed by atoms with Gasteiger partial charge in [-0.3, -0.25) is 14.4 Å². The molecule has 0 aliphatic rings. The zero-order valence-corrected chi connectivity index (χ0v) is 18.3.